The van der Waals surface area contributed by atoms with E-state index >= 15 is 0 Å². The Bertz CT molecular complexity index is 372. The maximum absolute atomic E-state index is 11.8. The van der Waals surface area contributed by atoms with Crippen molar-refractivity contribution in [3.05, 3.63) is 0 Å². The van der Waals surface area contributed by atoms with E-state index in [-0.39, 0.29) is 0 Å². The Hall–Kier alpha value is -0.650. The van der Waals surface area contributed by atoms with Gasteiger partial charge in [-0.05, 0) is 44.9 Å². The van der Waals surface area contributed by atoms with E-state index in [2.05, 4.69) is 10.2 Å². The first-order valence-corrected chi connectivity index (χ1v) is 7.91. The van der Waals surface area contributed by atoms with Crippen LogP contribution in [0.4, 0.5) is 0 Å². The zero-order valence-corrected chi connectivity index (χ0v) is 12.3. The monoisotopic (exact) mass is 282 g/mol. The molecule has 0 amide bonds. The molecule has 3 rings (SSSR count). The van der Waals surface area contributed by atoms with Crippen LogP contribution < -0.4 is 5.32 Å². The Kier molecular flexibility index (Phi) is 4.02. The summed E-state index contributed by atoms with van der Waals surface area (Å²) in [4.78, 5) is 14.3. The van der Waals surface area contributed by atoms with Gasteiger partial charge in [-0.1, -0.05) is 0 Å². The molecule has 3 atom stereocenters. The molecule has 20 heavy (non-hydrogen) atoms. The molecule has 0 aromatic rings. The van der Waals surface area contributed by atoms with Gasteiger partial charge in [0.15, 0.2) is 0 Å². The second-order valence-corrected chi connectivity index (χ2v) is 6.70. The van der Waals surface area contributed by atoms with Crippen LogP contribution in [0.3, 0.4) is 0 Å². The molecule has 5 nitrogen and oxygen atoms in total. The molecule has 2 saturated carbocycles. The molecule has 3 fully saturated rings. The maximum Gasteiger partial charge on any atom is 0.323 e. The van der Waals surface area contributed by atoms with Crippen molar-refractivity contribution in [2.45, 2.75) is 68.7 Å². The van der Waals surface area contributed by atoms with Crippen LogP contribution in [0.15, 0.2) is 0 Å². The summed E-state index contributed by atoms with van der Waals surface area (Å²) < 4.78 is 5.43. The summed E-state index contributed by atoms with van der Waals surface area (Å²) in [5, 5.41) is 13.1. The average Bonchev–Trinajstić information content (AvgIpc) is 3.12. The van der Waals surface area contributed by atoms with Gasteiger partial charge in [0.25, 0.3) is 0 Å². The molecule has 0 radical (unpaired) electrons. The van der Waals surface area contributed by atoms with Gasteiger partial charge < -0.3 is 9.84 Å². The maximum atomic E-state index is 11.8. The molecule has 2 N–H and O–H groups in total. The second-order valence-electron chi connectivity index (χ2n) is 6.70. The Morgan fingerprint density at radius 3 is 2.75 bits per heavy atom. The lowest BCUT2D eigenvalue weighted by Crippen LogP contribution is -2.58. The summed E-state index contributed by atoms with van der Waals surface area (Å²) in [6.07, 6.45) is 7.31. The Morgan fingerprint density at radius 2 is 2.15 bits per heavy atom. The highest BCUT2D eigenvalue weighted by Gasteiger charge is 2.47. The molecule has 5 heteroatoms. The van der Waals surface area contributed by atoms with Crippen LogP contribution in [-0.2, 0) is 9.53 Å². The minimum absolute atomic E-state index is 0.326. The first kappa shape index (κ1) is 14.3. The van der Waals surface area contributed by atoms with Gasteiger partial charge >= 0.3 is 5.97 Å². The van der Waals surface area contributed by atoms with Crippen LogP contribution >= 0.6 is 0 Å². The smallest absolute Gasteiger partial charge is 0.323 e. The second kappa shape index (κ2) is 5.62. The number of rotatable bonds is 5. The number of nitrogens with one attached hydrogen (secondary N) is 1. The number of carbonyl (C=O) groups is 1. The quantitative estimate of drug-likeness (QED) is 0.794. The predicted molar refractivity (Wildman–Crippen MR) is 75.8 cm³/mol. The van der Waals surface area contributed by atoms with E-state index in [1.165, 1.54) is 0 Å². The molecular weight excluding hydrogens is 256 g/mol. The van der Waals surface area contributed by atoms with Gasteiger partial charge in [-0.2, -0.15) is 0 Å². The lowest BCUT2D eigenvalue weighted by atomic mass is 9.78. The van der Waals surface area contributed by atoms with E-state index in [1.807, 2.05) is 0 Å². The van der Waals surface area contributed by atoms with Gasteiger partial charge in [0.2, 0.25) is 0 Å². The van der Waals surface area contributed by atoms with Gasteiger partial charge in [-0.3, -0.25) is 15.0 Å². The van der Waals surface area contributed by atoms with E-state index in [0.717, 1.165) is 58.0 Å². The van der Waals surface area contributed by atoms with Gasteiger partial charge in [0.05, 0.1) is 6.10 Å². The summed E-state index contributed by atoms with van der Waals surface area (Å²) in [5.74, 6) is -0.656. The molecule has 114 valence electrons. The SMILES string of the molecule is COC1CCN(C2CCCC(NC3CC3)(C(=O)O)C2)C1. The highest BCUT2D eigenvalue weighted by Crippen LogP contribution is 2.36. The standard InChI is InChI=1S/C15H26N2O3/c1-20-13-6-8-17(10-13)12-3-2-7-15(9-12,14(18)19)16-11-4-5-11/h11-13,16H,2-10H2,1H3,(H,18,19). The van der Waals surface area contributed by atoms with Crippen molar-refractivity contribution in [2.75, 3.05) is 20.2 Å². The fourth-order valence-electron chi connectivity index (χ4n) is 3.84. The highest BCUT2D eigenvalue weighted by atomic mass is 16.5. The summed E-state index contributed by atoms with van der Waals surface area (Å²) in [6.45, 7) is 2.00. The zero-order chi connectivity index (χ0) is 14.2. The molecule has 3 unspecified atom stereocenters. The number of likely N-dealkylation sites (tertiary alicyclic amines) is 1. The molecule has 0 aromatic heterocycles. The van der Waals surface area contributed by atoms with Crippen molar-refractivity contribution in [2.24, 2.45) is 0 Å². The number of nitrogens with zero attached hydrogens (tertiary/aromatic N) is 1. The average molecular weight is 282 g/mol. The highest BCUT2D eigenvalue weighted by molar-refractivity contribution is 5.79. The normalized spacial score (nSPS) is 39.0. The van der Waals surface area contributed by atoms with Crippen molar-refractivity contribution in [3.63, 3.8) is 0 Å². The van der Waals surface area contributed by atoms with Crippen LogP contribution in [0.2, 0.25) is 0 Å². The minimum atomic E-state index is -0.685. The van der Waals surface area contributed by atoms with Gasteiger partial charge in [0.1, 0.15) is 5.54 Å². The number of hydrogen-bond acceptors (Lipinski definition) is 4. The first-order valence-electron chi connectivity index (χ1n) is 7.91. The summed E-state index contributed by atoms with van der Waals surface area (Å²) in [5.41, 5.74) is -0.685. The van der Waals surface area contributed by atoms with Gasteiger partial charge in [-0.25, -0.2) is 0 Å². The summed E-state index contributed by atoms with van der Waals surface area (Å²) in [7, 11) is 1.77. The third-order valence-corrected chi connectivity index (χ3v) is 5.22. The van der Waals surface area contributed by atoms with Crippen molar-refractivity contribution >= 4 is 5.97 Å². The van der Waals surface area contributed by atoms with E-state index in [0.29, 0.717) is 18.2 Å². The fourth-order valence-corrected chi connectivity index (χ4v) is 3.84. The van der Waals surface area contributed by atoms with Crippen LogP contribution in [-0.4, -0.2) is 59.9 Å². The lowest BCUT2D eigenvalue weighted by molar-refractivity contribution is -0.147. The van der Waals surface area contributed by atoms with Crippen molar-refractivity contribution in [1.29, 1.82) is 0 Å². The molecule has 1 heterocycles. The van der Waals surface area contributed by atoms with Crippen LogP contribution in [0, 0.1) is 0 Å². The topological polar surface area (TPSA) is 61.8 Å². The number of methoxy groups -OCH3 is 1. The molecule has 0 bridgehead atoms. The molecular formula is C15H26N2O3. The van der Waals surface area contributed by atoms with Gasteiger partial charge in [0, 0.05) is 32.3 Å². The molecule has 0 aromatic carbocycles. The summed E-state index contributed by atoms with van der Waals surface area (Å²) >= 11 is 0. The Labute approximate surface area is 120 Å². The predicted octanol–water partition coefficient (Wildman–Crippen LogP) is 1.23. The molecule has 1 aliphatic heterocycles. The fraction of sp³-hybridized carbons (Fsp3) is 0.933. The van der Waals surface area contributed by atoms with Crippen molar-refractivity contribution in [3.8, 4) is 0 Å². The van der Waals surface area contributed by atoms with E-state index in [1.54, 1.807) is 7.11 Å². The number of carboxylic acids is 1. The number of ether oxygens (including phenoxy) is 1. The molecule has 3 aliphatic rings. The van der Waals surface area contributed by atoms with Crippen molar-refractivity contribution < 1.29 is 14.6 Å². The van der Waals surface area contributed by atoms with Crippen molar-refractivity contribution in [1.82, 2.24) is 10.2 Å². The Morgan fingerprint density at radius 1 is 1.35 bits per heavy atom. The van der Waals surface area contributed by atoms with Crippen LogP contribution in [0.25, 0.3) is 0 Å². The number of aliphatic carboxylic acids is 1. The molecule has 0 spiro atoms. The van der Waals surface area contributed by atoms with Crippen LogP contribution in [0.1, 0.15) is 44.9 Å². The minimum Gasteiger partial charge on any atom is -0.480 e. The van der Waals surface area contributed by atoms with E-state index in [4.69, 9.17) is 4.74 Å². The van der Waals surface area contributed by atoms with E-state index < -0.39 is 11.5 Å². The van der Waals surface area contributed by atoms with Crippen LogP contribution in [0.5, 0.6) is 0 Å². The third kappa shape index (κ3) is 2.85. The zero-order valence-electron chi connectivity index (χ0n) is 12.3. The number of carboxylic acid groups (broad SMARTS) is 1. The van der Waals surface area contributed by atoms with E-state index in [9.17, 15) is 9.90 Å². The molecule has 1 saturated heterocycles. The summed E-state index contributed by atoms with van der Waals surface area (Å²) in [6, 6.07) is 0.835. The third-order valence-electron chi connectivity index (χ3n) is 5.22. The Balaban J connectivity index is 1.66. The molecule has 2 aliphatic carbocycles. The van der Waals surface area contributed by atoms with Gasteiger partial charge in [-0.15, -0.1) is 0 Å². The largest absolute Gasteiger partial charge is 0.480 e. The lowest BCUT2D eigenvalue weighted by Gasteiger charge is -2.42. The first-order chi connectivity index (χ1) is 9.63. The number of hydrogen-bond donors (Lipinski definition) is 2.